The normalized spacial score (nSPS) is 34.3. The Balaban J connectivity index is 0.000000318. The summed E-state index contributed by atoms with van der Waals surface area (Å²) in [4.78, 5) is 68.1. The molecule has 15 N–H and O–H groups in total. The minimum atomic E-state index is -2.64. The second-order valence-corrected chi connectivity index (χ2v) is 37.8. The molecule has 42 nitrogen and oxygen atoms in total. The summed E-state index contributed by atoms with van der Waals surface area (Å²) in [7, 11) is 2.56. The van der Waals surface area contributed by atoms with E-state index in [1.54, 1.807) is 74.2 Å². The molecular formula is C89H128B4N2O40P2. The third-order valence-electron chi connectivity index (χ3n) is 24.9. The number of hydrogen-bond acceptors (Lipinski definition) is 40. The molecule has 7 aliphatic heterocycles. The molecule has 7 aliphatic rings. The number of ether oxygens (including phenoxy) is 20. The van der Waals surface area contributed by atoms with Crippen molar-refractivity contribution in [3.05, 3.63) is 120 Å². The maximum Gasteiger partial charge on any atom is 0.364 e. The molecule has 756 valence electrons. The largest absolute Gasteiger partial charge is 0.491 e. The van der Waals surface area contributed by atoms with E-state index in [0.717, 1.165) is 24.6 Å². The van der Waals surface area contributed by atoms with E-state index < -0.39 is 251 Å². The number of carbonyl (C=O) groups excluding carboxylic acids is 4. The molecule has 1 amide bonds. The zero-order chi connectivity index (χ0) is 99.9. The van der Waals surface area contributed by atoms with E-state index >= 15 is 0 Å². The fraction of sp³-hybridized carbons (Fsp3) is 0.674. The van der Waals surface area contributed by atoms with Gasteiger partial charge in [-0.15, -0.1) is 0 Å². The molecule has 4 aromatic carbocycles. The summed E-state index contributed by atoms with van der Waals surface area (Å²) in [5, 5.41) is 135. The number of nitrogens with two attached hydrogens (primary N) is 1. The first-order valence-electron chi connectivity index (χ1n) is 45.4. The Labute approximate surface area is 799 Å². The predicted octanol–water partition coefficient (Wildman–Crippen LogP) is 0.624. The maximum absolute atomic E-state index is 14.2. The van der Waals surface area contributed by atoms with E-state index in [-0.39, 0.29) is 86.3 Å². The number of nitrogens with zero attached hydrogens (tertiary/aromatic N) is 1. The van der Waals surface area contributed by atoms with Crippen molar-refractivity contribution in [2.45, 2.75) is 296 Å². The van der Waals surface area contributed by atoms with E-state index in [0.29, 0.717) is 36.3 Å². The molecule has 7 heterocycles. The van der Waals surface area contributed by atoms with Gasteiger partial charge in [0.25, 0.3) is 5.79 Å². The van der Waals surface area contributed by atoms with Crippen molar-refractivity contribution in [1.29, 1.82) is 0 Å². The molecule has 2 radical (unpaired) electrons. The molecule has 48 heteroatoms. The summed E-state index contributed by atoms with van der Waals surface area (Å²) in [6.45, 7) is 17.5. The van der Waals surface area contributed by atoms with Crippen molar-refractivity contribution >= 4 is 86.1 Å². The molecule has 0 aliphatic carbocycles. The van der Waals surface area contributed by atoms with Crippen LogP contribution in [-0.4, -0.2) is 372 Å². The summed E-state index contributed by atoms with van der Waals surface area (Å²) < 4.78 is 146. The number of esters is 3. The minimum absolute atomic E-state index is 0.00982. The molecule has 7 fully saturated rings. The van der Waals surface area contributed by atoms with E-state index in [4.69, 9.17) is 100 Å². The average Bonchev–Trinajstić information content (AvgIpc) is 1.67. The monoisotopic (exact) mass is 1970 g/mol. The molecule has 36 atom stereocenters. The van der Waals surface area contributed by atoms with Crippen molar-refractivity contribution in [1.82, 2.24) is 0 Å². The first-order valence-corrected chi connectivity index (χ1v) is 47.7. The zero-order valence-corrected chi connectivity index (χ0v) is 79.9. The number of methoxy groups -OCH3 is 1. The van der Waals surface area contributed by atoms with Crippen molar-refractivity contribution in [3.63, 3.8) is 0 Å². The van der Waals surface area contributed by atoms with Gasteiger partial charge in [-0.1, -0.05) is 60.7 Å². The van der Waals surface area contributed by atoms with E-state index in [1.807, 2.05) is 95.3 Å². The van der Waals surface area contributed by atoms with Crippen LogP contribution in [0.1, 0.15) is 106 Å². The second kappa shape index (κ2) is 52.4. The van der Waals surface area contributed by atoms with Crippen molar-refractivity contribution < 1.29 is 195 Å². The molecule has 4 aromatic rings. The van der Waals surface area contributed by atoms with E-state index in [2.05, 4.69) is 6.92 Å². The van der Waals surface area contributed by atoms with Crippen LogP contribution in [0.5, 0.6) is 11.5 Å². The van der Waals surface area contributed by atoms with Gasteiger partial charge in [-0.3, -0.25) is 4.90 Å². The number of nitrogen functional groups attached to an aromatic ring is 1. The van der Waals surface area contributed by atoms with Crippen LogP contribution >= 0.6 is 16.9 Å². The smallest absolute Gasteiger partial charge is 0.364 e. The van der Waals surface area contributed by atoms with Gasteiger partial charge in [0.2, 0.25) is 0 Å². The number of amides is 1. The molecule has 0 bridgehead atoms. The van der Waals surface area contributed by atoms with Crippen molar-refractivity contribution in [2.75, 3.05) is 70.6 Å². The quantitative estimate of drug-likeness (QED) is 0.00721. The van der Waals surface area contributed by atoms with Crippen LogP contribution in [0.15, 0.2) is 109 Å². The van der Waals surface area contributed by atoms with Crippen LogP contribution in [-0.2, 0) is 127 Å². The number of carbonyl (C=O) groups is 5. The van der Waals surface area contributed by atoms with Gasteiger partial charge in [0, 0.05) is 17.8 Å². The number of rotatable bonds is 44. The summed E-state index contributed by atoms with van der Waals surface area (Å²) in [5.74, 6) is -9.85. The van der Waals surface area contributed by atoms with Gasteiger partial charge in [0.1, 0.15) is 111 Å². The Morgan fingerprint density at radius 3 is 1.56 bits per heavy atom. The van der Waals surface area contributed by atoms with Crippen LogP contribution in [0, 0.1) is 23.7 Å². The number of aliphatic hydroxyl groups excluding tert-OH is 12. The Hall–Kier alpha value is -6.89. The number of hydrogen-bond donors (Lipinski definition) is 14. The number of aliphatic carboxylic acids is 1. The molecule has 7 saturated heterocycles. The number of carboxylic acids is 1. The zero-order valence-electron chi connectivity index (χ0n) is 77.9. The molecular weight excluding hydrogens is 1840 g/mol. The maximum atomic E-state index is 14.2. The van der Waals surface area contributed by atoms with Crippen molar-refractivity contribution in [2.24, 2.45) is 23.7 Å². The Morgan fingerprint density at radius 2 is 1.03 bits per heavy atom. The van der Waals surface area contributed by atoms with Gasteiger partial charge >= 0.3 is 330 Å². The molecule has 0 aromatic heterocycles. The van der Waals surface area contributed by atoms with Gasteiger partial charge in [-0.25, -0.2) is 14.4 Å². The SMILES string of the molecule is CC[C@H](C)C1O[C@H](O[C@H]2C([C@H]3COC(C)(C)O3)O[C@@](OCCOc3ccc(N(Cc4ccccc4)C(=O)OCc4ccccc4)cc3)(C(=O)OC)C[C@H]2C)C(OC(C)=O)[C@@H](O[C@H]2O[C@@H]([C@@H](C)CC)[C@@H](P[B]B=O)C(C)C2OC(C)=O)[C@@H]1P[B]B=O.Nc1ccc(OCCO[C@]2(C(=O)O)C[C@@H](O)[C@@H](O[C@H]3OC([C@@H](O)CO)[C@@H](O)[C@H](O[C@H]4O[C@@H]([C@@H](O)CO)[C@@H](O)C(O)C4O)C3O)C([C@H](O)CO)O2)cc1. The number of benzene rings is 4. The third kappa shape index (κ3) is 28.8. The molecule has 11 rings (SSSR count). The molecule has 0 saturated carbocycles. The first kappa shape index (κ1) is 112. The van der Waals surface area contributed by atoms with Gasteiger partial charge in [-0.05, 0) is 73.5 Å². The van der Waals surface area contributed by atoms with Gasteiger partial charge in [0.05, 0.1) is 52.8 Å². The number of carboxylic acid groups (broad SMARTS) is 1. The predicted molar refractivity (Wildman–Crippen MR) is 485 cm³/mol. The van der Waals surface area contributed by atoms with Gasteiger partial charge in [-0.2, -0.15) is 0 Å². The van der Waals surface area contributed by atoms with Crippen LogP contribution < -0.4 is 20.1 Å². The summed E-state index contributed by atoms with van der Waals surface area (Å²) in [6, 6.07) is 32.2. The fourth-order valence-electron chi connectivity index (χ4n) is 17.4. The van der Waals surface area contributed by atoms with Crippen LogP contribution in [0.4, 0.5) is 16.2 Å². The Kier molecular flexibility index (Phi) is 42.9. The minimum Gasteiger partial charge on any atom is -0.491 e. The molecule has 0 spiro atoms. The summed E-state index contributed by atoms with van der Waals surface area (Å²) >= 11 is 0. The number of anilines is 2. The van der Waals surface area contributed by atoms with Crippen LogP contribution in [0.25, 0.3) is 0 Å². The summed E-state index contributed by atoms with van der Waals surface area (Å²) in [6.07, 6.45) is -41.5. The Morgan fingerprint density at radius 1 is 0.540 bits per heavy atom. The topological polar surface area (TPSA) is 596 Å². The first-order chi connectivity index (χ1) is 65.3. The van der Waals surface area contributed by atoms with Gasteiger partial charge < -0.3 is 119 Å². The summed E-state index contributed by atoms with van der Waals surface area (Å²) in [5.41, 5.74) is 7.63. The fourth-order valence-corrected chi connectivity index (χ4v) is 20.2. The number of aliphatic hydroxyl groups is 12. The van der Waals surface area contributed by atoms with Crippen molar-refractivity contribution in [3.8, 4) is 11.5 Å². The molecule has 12 unspecified atom stereocenters. The standard InChI is InChI=1S/C59H81B4NO19P2.C30H47NO21/c1-12-34(3)46-52(84-62-60-69)37(6)48(76-38(7)65)54(79-46)81-50-51(77-39(8)66)55(80-47(35(4)13-2)53(50)85-63-61-70)78-45-36(5)30-59(56(67)71-11,83-49(45)44-33-75-58(9,10)82-44)74-29-28-72-43-26-24-42(25-27-43)64(31-40-20-16-14-17-21-40)57(68)73-32-41-22-18-15-19-23-41;31-11-1-3-12(4-2-11)46-5-6-47-30(29(44)45)7-13(35)24(25(52-30)16(38)10-34)50-28-21(43)26(20(42)23(49-28)15(37)9-33)51-27-19(41)17(39)18(40)22(48-27)14(36)8-32/h14-27,34-37,44-55,84-85H,12-13,28-33H2,1-11H3;1-4,13-28,32-43H,5-10,31H2,(H,44,45)/t34-,35-,36+,37?,44+,45+,46-,47?,48?,49?,50+,51?,52-,53+,54+,55-,59+;13-,14+,15+,16-,17?,18+,19?,20-,21?,22+,23?,24-,25?,26+,27-,28-,30-/m01/s1. The van der Waals surface area contributed by atoms with E-state index in [9.17, 15) is 99.8 Å². The Bertz CT molecular complexity index is 4420. The van der Waals surface area contributed by atoms with Gasteiger partial charge in [0.15, 0.2) is 12.6 Å². The second-order valence-electron chi connectivity index (χ2n) is 35.1. The van der Waals surface area contributed by atoms with E-state index in [1.165, 1.54) is 27.8 Å². The van der Waals surface area contributed by atoms with Crippen LogP contribution in [0.3, 0.4) is 0 Å². The molecule has 137 heavy (non-hydrogen) atoms. The third-order valence-corrected chi connectivity index (χ3v) is 27.8. The van der Waals surface area contributed by atoms with Crippen LogP contribution in [0.2, 0.25) is 0 Å². The average molecular weight is 1970 g/mol.